The van der Waals surface area contributed by atoms with E-state index in [0.717, 1.165) is 18.7 Å². The quantitative estimate of drug-likeness (QED) is 0.775. The van der Waals surface area contributed by atoms with Gasteiger partial charge in [-0.1, -0.05) is 11.6 Å². The molecule has 5 heteroatoms. The van der Waals surface area contributed by atoms with Gasteiger partial charge < -0.3 is 9.64 Å². The predicted octanol–water partition coefficient (Wildman–Crippen LogP) is 2.02. The lowest BCUT2D eigenvalue weighted by Crippen LogP contribution is -2.26. The van der Waals surface area contributed by atoms with E-state index in [1.54, 1.807) is 0 Å². The van der Waals surface area contributed by atoms with Gasteiger partial charge in [-0.2, -0.15) is 0 Å². The third-order valence-corrected chi connectivity index (χ3v) is 3.11. The molecule has 75 valence electrons. The van der Waals surface area contributed by atoms with Gasteiger partial charge in [-0.3, -0.25) is 0 Å². The third kappa shape index (κ3) is 2.01. The maximum Gasteiger partial charge on any atom is 0.287 e. The second-order valence-electron chi connectivity index (χ2n) is 3.05. The van der Waals surface area contributed by atoms with Crippen molar-refractivity contribution in [3.8, 4) is 0 Å². The second-order valence-corrected chi connectivity index (χ2v) is 4.10. The first-order valence-corrected chi connectivity index (χ1v) is 5.55. The number of hydrogen-bond acceptors (Lipinski definition) is 4. The van der Waals surface area contributed by atoms with Crippen molar-refractivity contribution in [2.75, 3.05) is 20.2 Å². The Morgan fingerprint density at radius 1 is 1.79 bits per heavy atom. The molecule has 2 rings (SSSR count). The summed E-state index contributed by atoms with van der Waals surface area (Å²) in [5.41, 5.74) is 1.07. The number of halogens is 1. The number of aliphatic imine (C=N–C) groups is 1. The largest absolute Gasteiger partial charge is 0.463 e. The number of hydrogen-bond donors (Lipinski definition) is 0. The van der Waals surface area contributed by atoms with Gasteiger partial charge in [0.2, 0.25) is 0 Å². The fraction of sp³-hybridized carbons (Fsp3) is 0.444. The Hall–Kier alpha value is -0.740. The Balaban J connectivity index is 2.01. The topological polar surface area (TPSA) is 24.8 Å². The van der Waals surface area contributed by atoms with E-state index in [2.05, 4.69) is 10.4 Å². The Morgan fingerprint density at radius 2 is 2.64 bits per heavy atom. The molecular weight excluding hydrogens is 220 g/mol. The molecule has 1 aliphatic rings. The lowest BCUT2D eigenvalue weighted by molar-refractivity contribution is 0.280. The van der Waals surface area contributed by atoms with Crippen LogP contribution in [0, 0.1) is 5.38 Å². The summed E-state index contributed by atoms with van der Waals surface area (Å²) in [6.07, 6.45) is 0. The highest BCUT2D eigenvalue weighted by Crippen LogP contribution is 2.21. The van der Waals surface area contributed by atoms with Gasteiger partial charge in [-0.25, -0.2) is 4.99 Å². The van der Waals surface area contributed by atoms with Gasteiger partial charge in [0.1, 0.15) is 6.61 Å². The highest BCUT2D eigenvalue weighted by Gasteiger charge is 2.14. The van der Waals surface area contributed by atoms with E-state index in [-0.39, 0.29) is 0 Å². The Morgan fingerprint density at radius 3 is 3.21 bits per heavy atom. The molecule has 0 spiro atoms. The maximum atomic E-state index is 5.94. The van der Waals surface area contributed by atoms with Gasteiger partial charge in [-0.05, 0) is 5.38 Å². The summed E-state index contributed by atoms with van der Waals surface area (Å²) in [5.74, 6) is 0. The number of nitrogens with zero attached hydrogens (tertiary/aromatic N) is 2. The summed E-state index contributed by atoms with van der Waals surface area (Å²) in [6, 6.07) is 0.701. The molecule has 0 atom stereocenters. The lowest BCUT2D eigenvalue weighted by Gasteiger charge is -2.17. The lowest BCUT2D eigenvalue weighted by atomic mass is 10.3. The van der Waals surface area contributed by atoms with Crippen LogP contribution in [0.3, 0.4) is 0 Å². The third-order valence-electron chi connectivity index (χ3n) is 1.94. The van der Waals surface area contributed by atoms with Gasteiger partial charge >= 0.3 is 0 Å². The normalized spacial score (nSPS) is 15.1. The molecule has 0 unspecified atom stereocenters. The number of rotatable bonds is 2. The molecule has 14 heavy (non-hydrogen) atoms. The van der Waals surface area contributed by atoms with Gasteiger partial charge in [0.15, 0.2) is 0 Å². The van der Waals surface area contributed by atoms with Crippen LogP contribution in [0.1, 0.15) is 5.56 Å². The minimum Gasteiger partial charge on any atom is -0.463 e. The first-order chi connectivity index (χ1) is 6.77. The molecule has 1 aromatic heterocycles. The van der Waals surface area contributed by atoms with Gasteiger partial charge in [0.25, 0.3) is 6.02 Å². The van der Waals surface area contributed by atoms with E-state index in [1.165, 1.54) is 11.3 Å². The molecule has 0 N–H and O–H groups in total. The summed E-state index contributed by atoms with van der Waals surface area (Å²) in [6.45, 7) is 2.16. The van der Waals surface area contributed by atoms with E-state index in [1.807, 2.05) is 17.3 Å². The fourth-order valence-corrected chi connectivity index (χ4v) is 2.19. The smallest absolute Gasteiger partial charge is 0.287 e. The van der Waals surface area contributed by atoms with Crippen LogP contribution >= 0.6 is 22.9 Å². The van der Waals surface area contributed by atoms with E-state index in [4.69, 9.17) is 16.3 Å². The SMILES string of the molecule is CN(Cc1cs[c]c1Cl)C1=NCCO1. The molecule has 1 aromatic rings. The molecule has 0 bridgehead atoms. The van der Waals surface area contributed by atoms with E-state index < -0.39 is 0 Å². The van der Waals surface area contributed by atoms with Crippen LogP contribution in [-0.4, -0.2) is 31.1 Å². The van der Waals surface area contributed by atoms with Crippen molar-refractivity contribution in [2.45, 2.75) is 6.54 Å². The average Bonchev–Trinajstić information content (AvgIpc) is 2.77. The summed E-state index contributed by atoms with van der Waals surface area (Å²) in [4.78, 5) is 6.17. The molecule has 2 heterocycles. The van der Waals surface area contributed by atoms with Crippen molar-refractivity contribution in [1.82, 2.24) is 4.90 Å². The van der Waals surface area contributed by atoms with Crippen LogP contribution in [0.4, 0.5) is 0 Å². The molecular formula is C9H10ClN2OS. The summed E-state index contributed by atoms with van der Waals surface area (Å²) in [5, 5.41) is 5.65. The fourth-order valence-electron chi connectivity index (χ4n) is 1.25. The number of ether oxygens (including phenoxy) is 1. The zero-order valence-electron chi connectivity index (χ0n) is 7.79. The first-order valence-electron chi connectivity index (χ1n) is 4.29. The minimum atomic E-state index is 0.684. The van der Waals surface area contributed by atoms with Gasteiger partial charge in [-0.15, -0.1) is 11.3 Å². The molecule has 1 radical (unpaired) electrons. The van der Waals surface area contributed by atoms with Crippen LogP contribution in [0.25, 0.3) is 0 Å². The second kappa shape index (κ2) is 4.19. The van der Waals surface area contributed by atoms with Crippen molar-refractivity contribution in [3.63, 3.8) is 0 Å². The van der Waals surface area contributed by atoms with Crippen molar-refractivity contribution in [3.05, 3.63) is 21.3 Å². The van der Waals surface area contributed by atoms with Crippen molar-refractivity contribution in [2.24, 2.45) is 4.99 Å². The average molecular weight is 230 g/mol. The Bertz CT molecular complexity index is 350. The van der Waals surface area contributed by atoms with Crippen molar-refractivity contribution in [1.29, 1.82) is 0 Å². The molecule has 0 aliphatic carbocycles. The molecule has 3 nitrogen and oxygen atoms in total. The van der Waals surface area contributed by atoms with Crippen molar-refractivity contribution >= 4 is 29.0 Å². The van der Waals surface area contributed by atoms with Crippen LogP contribution in [0.2, 0.25) is 5.02 Å². The summed E-state index contributed by atoms with van der Waals surface area (Å²) < 4.78 is 5.33. The Labute approximate surface area is 92.0 Å². The number of thiophene rings is 1. The highest BCUT2D eigenvalue weighted by atomic mass is 35.5. The van der Waals surface area contributed by atoms with Crippen LogP contribution in [-0.2, 0) is 11.3 Å². The predicted molar refractivity (Wildman–Crippen MR) is 57.9 cm³/mol. The Kier molecular flexibility index (Phi) is 2.93. The monoisotopic (exact) mass is 229 g/mol. The van der Waals surface area contributed by atoms with Crippen LogP contribution < -0.4 is 0 Å². The zero-order chi connectivity index (χ0) is 9.97. The molecule has 0 saturated heterocycles. The molecule has 0 fully saturated rings. The van der Waals surface area contributed by atoms with Crippen molar-refractivity contribution < 1.29 is 4.74 Å². The maximum absolute atomic E-state index is 5.94. The van der Waals surface area contributed by atoms with Gasteiger partial charge in [0.05, 0.1) is 16.9 Å². The highest BCUT2D eigenvalue weighted by molar-refractivity contribution is 7.08. The molecule has 0 saturated carbocycles. The van der Waals surface area contributed by atoms with Crippen LogP contribution in [0.5, 0.6) is 0 Å². The number of amidine groups is 1. The van der Waals surface area contributed by atoms with E-state index in [9.17, 15) is 0 Å². The summed E-state index contributed by atoms with van der Waals surface area (Å²) >= 11 is 7.42. The molecule has 0 amide bonds. The minimum absolute atomic E-state index is 0.684. The first kappa shape index (κ1) is 9.80. The summed E-state index contributed by atoms with van der Waals surface area (Å²) in [7, 11) is 1.94. The van der Waals surface area contributed by atoms with E-state index in [0.29, 0.717) is 17.7 Å². The molecule has 1 aliphatic heterocycles. The van der Waals surface area contributed by atoms with E-state index >= 15 is 0 Å². The molecule has 0 aromatic carbocycles. The standard InChI is InChI=1S/C9H10ClN2OS/c1-12(9-11-2-3-13-9)4-7-5-14-6-8(7)10/h5H,2-4H2,1H3. The van der Waals surface area contributed by atoms with Crippen LogP contribution in [0.15, 0.2) is 10.4 Å². The van der Waals surface area contributed by atoms with Gasteiger partial charge in [0, 0.05) is 19.2 Å². The zero-order valence-corrected chi connectivity index (χ0v) is 9.36.